The number of carbonyl (C=O) groups excluding carboxylic acids is 3. The van der Waals surface area contributed by atoms with Gasteiger partial charge in [0.15, 0.2) is 0 Å². The van der Waals surface area contributed by atoms with Crippen LogP contribution in [-0.4, -0.2) is 80.8 Å². The standard InChI is InChI=1S/C30H32FN5O6/c1-40-24-4-3-5-25(41-2)28(24)29(38)35-14-12-34(13-15-35)27-11-6-19(17-33-27)22-9-7-20(16-23(22)31)36-18-21(42-30(36)39)8-10-26(32)37/h3-7,9,11,16-17,21H,8,10,12-15,18H2,1-2H3,(H2,32,37). The summed E-state index contributed by atoms with van der Waals surface area (Å²) in [6, 6.07) is 13.4. The van der Waals surface area contributed by atoms with Crippen molar-refractivity contribution in [2.75, 3.05) is 56.7 Å². The normalized spacial score (nSPS) is 16.8. The van der Waals surface area contributed by atoms with Gasteiger partial charge >= 0.3 is 6.09 Å². The first-order chi connectivity index (χ1) is 20.3. The van der Waals surface area contributed by atoms with Gasteiger partial charge in [-0.1, -0.05) is 6.07 Å². The Kier molecular flexibility index (Phi) is 8.41. The lowest BCUT2D eigenvalue weighted by Crippen LogP contribution is -2.49. The van der Waals surface area contributed by atoms with Gasteiger partial charge in [0.2, 0.25) is 5.91 Å². The summed E-state index contributed by atoms with van der Waals surface area (Å²) in [7, 11) is 3.04. The lowest BCUT2D eigenvalue weighted by atomic mass is 10.1. The summed E-state index contributed by atoms with van der Waals surface area (Å²) in [6.07, 6.45) is 0.959. The molecular formula is C30H32FN5O6. The van der Waals surface area contributed by atoms with Crippen LogP contribution < -0.4 is 25.0 Å². The highest BCUT2D eigenvalue weighted by Crippen LogP contribution is 2.32. The van der Waals surface area contributed by atoms with Crippen molar-refractivity contribution in [2.24, 2.45) is 5.73 Å². The highest BCUT2D eigenvalue weighted by molar-refractivity contribution is 6.00. The van der Waals surface area contributed by atoms with Crippen LogP contribution >= 0.6 is 0 Å². The van der Waals surface area contributed by atoms with Crippen molar-refractivity contribution >= 4 is 29.4 Å². The molecule has 11 nitrogen and oxygen atoms in total. The predicted octanol–water partition coefficient (Wildman–Crippen LogP) is 3.46. The molecule has 1 aromatic heterocycles. The number of piperazine rings is 1. The molecule has 1 unspecified atom stereocenters. The number of hydrogen-bond donors (Lipinski definition) is 1. The number of methoxy groups -OCH3 is 2. The summed E-state index contributed by atoms with van der Waals surface area (Å²) in [5.74, 6) is 0.513. The molecule has 2 fully saturated rings. The maximum atomic E-state index is 15.2. The molecule has 2 saturated heterocycles. The van der Waals surface area contributed by atoms with Gasteiger partial charge < -0.3 is 29.7 Å². The van der Waals surface area contributed by atoms with Crippen molar-refractivity contribution in [3.63, 3.8) is 0 Å². The van der Waals surface area contributed by atoms with E-state index in [2.05, 4.69) is 9.88 Å². The number of hydrogen-bond acceptors (Lipinski definition) is 8. The number of aromatic nitrogens is 1. The van der Waals surface area contributed by atoms with E-state index < -0.39 is 23.9 Å². The number of cyclic esters (lactones) is 1. The highest BCUT2D eigenvalue weighted by atomic mass is 19.1. The SMILES string of the molecule is COc1cccc(OC)c1C(=O)N1CCN(c2ccc(-c3ccc(N4CC(CCC(N)=O)OC4=O)cc3F)cn2)CC1. The molecule has 12 heteroatoms. The Hall–Kier alpha value is -4.87. The molecule has 0 bridgehead atoms. The Morgan fingerprint density at radius 2 is 1.76 bits per heavy atom. The summed E-state index contributed by atoms with van der Waals surface area (Å²) in [5, 5.41) is 0. The minimum Gasteiger partial charge on any atom is -0.496 e. The van der Waals surface area contributed by atoms with Crippen molar-refractivity contribution in [1.82, 2.24) is 9.88 Å². The zero-order chi connectivity index (χ0) is 29.8. The van der Waals surface area contributed by atoms with Gasteiger partial charge in [0, 0.05) is 49.9 Å². The first-order valence-corrected chi connectivity index (χ1v) is 13.6. The van der Waals surface area contributed by atoms with E-state index in [4.69, 9.17) is 19.9 Å². The quantitative estimate of drug-likeness (QED) is 0.410. The van der Waals surface area contributed by atoms with E-state index in [1.54, 1.807) is 47.5 Å². The monoisotopic (exact) mass is 577 g/mol. The number of amides is 3. The number of benzene rings is 2. The second-order valence-corrected chi connectivity index (χ2v) is 10.0. The molecule has 1 atom stereocenters. The predicted molar refractivity (Wildman–Crippen MR) is 153 cm³/mol. The van der Waals surface area contributed by atoms with Crippen molar-refractivity contribution < 1.29 is 33.0 Å². The minimum absolute atomic E-state index is 0.105. The second-order valence-electron chi connectivity index (χ2n) is 10.0. The van der Waals surface area contributed by atoms with Crippen LogP contribution in [0.2, 0.25) is 0 Å². The van der Waals surface area contributed by atoms with Gasteiger partial charge in [0.25, 0.3) is 5.91 Å². The van der Waals surface area contributed by atoms with Crippen molar-refractivity contribution in [3.05, 3.63) is 66.1 Å². The van der Waals surface area contributed by atoms with Gasteiger partial charge in [-0.15, -0.1) is 0 Å². The van der Waals surface area contributed by atoms with Crippen molar-refractivity contribution in [3.8, 4) is 22.6 Å². The van der Waals surface area contributed by atoms with E-state index in [1.165, 1.54) is 25.2 Å². The Morgan fingerprint density at radius 3 is 2.36 bits per heavy atom. The summed E-state index contributed by atoms with van der Waals surface area (Å²) >= 11 is 0. The molecule has 42 heavy (non-hydrogen) atoms. The third-order valence-corrected chi connectivity index (χ3v) is 7.44. The first kappa shape index (κ1) is 28.7. The smallest absolute Gasteiger partial charge is 0.414 e. The Balaban J connectivity index is 1.22. The van der Waals surface area contributed by atoms with E-state index in [1.807, 2.05) is 6.07 Å². The van der Waals surface area contributed by atoms with E-state index in [-0.39, 0.29) is 18.9 Å². The number of nitrogens with zero attached hydrogens (tertiary/aromatic N) is 4. The van der Waals surface area contributed by atoms with Crippen LogP contribution in [0.4, 0.5) is 20.7 Å². The fourth-order valence-corrected chi connectivity index (χ4v) is 5.18. The molecule has 3 amide bonds. The van der Waals surface area contributed by atoms with E-state index in [0.29, 0.717) is 66.5 Å². The Labute approximate surface area is 242 Å². The molecule has 3 heterocycles. The summed E-state index contributed by atoms with van der Waals surface area (Å²) < 4.78 is 31.2. The van der Waals surface area contributed by atoms with Crippen LogP contribution in [0.15, 0.2) is 54.7 Å². The van der Waals surface area contributed by atoms with Gasteiger partial charge in [-0.3, -0.25) is 14.5 Å². The third kappa shape index (κ3) is 5.92. The molecular weight excluding hydrogens is 545 g/mol. The van der Waals surface area contributed by atoms with E-state index in [0.717, 1.165) is 5.82 Å². The lowest BCUT2D eigenvalue weighted by Gasteiger charge is -2.35. The van der Waals surface area contributed by atoms with E-state index in [9.17, 15) is 14.4 Å². The van der Waals surface area contributed by atoms with Gasteiger partial charge in [0.05, 0.1) is 26.5 Å². The summed E-state index contributed by atoms with van der Waals surface area (Å²) in [6.45, 7) is 2.34. The van der Waals surface area contributed by atoms with Crippen LogP contribution in [0.3, 0.4) is 0 Å². The molecule has 2 aliphatic heterocycles. The van der Waals surface area contributed by atoms with Crippen LogP contribution in [0.25, 0.3) is 11.1 Å². The van der Waals surface area contributed by atoms with Gasteiger partial charge in [0.1, 0.15) is 34.8 Å². The fourth-order valence-electron chi connectivity index (χ4n) is 5.18. The zero-order valence-electron chi connectivity index (χ0n) is 23.4. The molecule has 220 valence electrons. The van der Waals surface area contributed by atoms with Gasteiger partial charge in [-0.2, -0.15) is 0 Å². The minimum atomic E-state index is -0.591. The van der Waals surface area contributed by atoms with Crippen molar-refractivity contribution in [2.45, 2.75) is 18.9 Å². The second kappa shape index (κ2) is 12.3. The molecule has 0 spiro atoms. The van der Waals surface area contributed by atoms with Crippen LogP contribution in [0.1, 0.15) is 23.2 Å². The summed E-state index contributed by atoms with van der Waals surface area (Å²) in [4.78, 5) is 46.3. The number of anilines is 2. The molecule has 0 aliphatic carbocycles. The number of nitrogens with two attached hydrogens (primary N) is 1. The topological polar surface area (TPSA) is 128 Å². The van der Waals surface area contributed by atoms with Crippen LogP contribution in [0.5, 0.6) is 11.5 Å². The number of primary amides is 1. The van der Waals surface area contributed by atoms with Crippen molar-refractivity contribution in [1.29, 1.82) is 0 Å². The largest absolute Gasteiger partial charge is 0.496 e. The Bertz CT molecular complexity index is 1450. The number of ether oxygens (including phenoxy) is 3. The average Bonchev–Trinajstić information content (AvgIpc) is 3.39. The van der Waals surface area contributed by atoms with Gasteiger partial charge in [-0.25, -0.2) is 14.2 Å². The Morgan fingerprint density at radius 1 is 1.05 bits per heavy atom. The number of carbonyl (C=O) groups is 3. The fraction of sp³-hybridized carbons (Fsp3) is 0.333. The van der Waals surface area contributed by atoms with E-state index >= 15 is 4.39 Å². The number of pyridine rings is 1. The maximum Gasteiger partial charge on any atom is 0.414 e. The number of halogens is 1. The molecule has 3 aromatic rings. The molecule has 2 aromatic carbocycles. The maximum absolute atomic E-state index is 15.2. The summed E-state index contributed by atoms with van der Waals surface area (Å²) in [5.41, 5.74) is 6.87. The molecule has 0 radical (unpaired) electrons. The molecule has 2 N–H and O–H groups in total. The molecule has 0 saturated carbocycles. The van der Waals surface area contributed by atoms with Crippen LogP contribution in [-0.2, 0) is 9.53 Å². The third-order valence-electron chi connectivity index (χ3n) is 7.44. The zero-order valence-corrected chi connectivity index (χ0v) is 23.4. The molecule has 5 rings (SSSR count). The average molecular weight is 578 g/mol. The van der Waals surface area contributed by atoms with Crippen LogP contribution in [0, 0.1) is 5.82 Å². The highest BCUT2D eigenvalue weighted by Gasteiger charge is 2.33. The first-order valence-electron chi connectivity index (χ1n) is 13.6. The molecule has 2 aliphatic rings. The lowest BCUT2D eigenvalue weighted by molar-refractivity contribution is -0.118. The number of rotatable bonds is 9. The van der Waals surface area contributed by atoms with Gasteiger partial charge in [-0.05, 0) is 48.9 Å².